The Morgan fingerprint density at radius 1 is 1.06 bits per heavy atom. The van der Waals surface area contributed by atoms with Gasteiger partial charge in [-0.3, -0.25) is 0 Å². The predicted octanol–water partition coefficient (Wildman–Crippen LogP) is 3.13. The van der Waals surface area contributed by atoms with Crippen LogP contribution in [0.1, 0.15) is 5.56 Å². The molecule has 2 aromatic rings. The van der Waals surface area contributed by atoms with Crippen LogP contribution in [0.3, 0.4) is 0 Å². The van der Waals surface area contributed by atoms with Crippen molar-refractivity contribution in [2.75, 3.05) is 6.54 Å². The third-order valence-corrected chi connectivity index (χ3v) is 2.64. The van der Waals surface area contributed by atoms with Crippen molar-refractivity contribution in [1.82, 2.24) is 0 Å². The Labute approximate surface area is 93.9 Å². The molecule has 0 unspecified atom stereocenters. The molecule has 0 radical (unpaired) electrons. The molecular formula is C14H11NO. The summed E-state index contributed by atoms with van der Waals surface area (Å²) in [7, 11) is 0. The van der Waals surface area contributed by atoms with E-state index in [1.54, 1.807) is 0 Å². The molecule has 1 heterocycles. The molecule has 0 atom stereocenters. The van der Waals surface area contributed by atoms with Crippen LogP contribution in [-0.2, 0) is 4.74 Å². The van der Waals surface area contributed by atoms with Gasteiger partial charge in [-0.15, -0.1) is 0 Å². The molecule has 2 aromatic carbocycles. The average molecular weight is 209 g/mol. The second-order valence-electron chi connectivity index (χ2n) is 3.82. The maximum atomic E-state index is 5.45. The van der Waals surface area contributed by atoms with Gasteiger partial charge in [0.25, 0.3) is 0 Å². The van der Waals surface area contributed by atoms with Crippen molar-refractivity contribution in [3.8, 4) is 0 Å². The first-order valence-electron chi connectivity index (χ1n) is 5.22. The Morgan fingerprint density at radius 2 is 1.88 bits per heavy atom. The minimum atomic E-state index is 0.572. The zero-order valence-corrected chi connectivity index (χ0v) is 8.81. The summed E-state index contributed by atoms with van der Waals surface area (Å²) in [5, 5.41) is 2.42. The van der Waals surface area contributed by atoms with E-state index >= 15 is 0 Å². The molecule has 78 valence electrons. The molecule has 0 N–H and O–H groups in total. The maximum Gasteiger partial charge on any atom is 0.222 e. The van der Waals surface area contributed by atoms with Gasteiger partial charge >= 0.3 is 0 Å². The van der Waals surface area contributed by atoms with Gasteiger partial charge in [0, 0.05) is 5.56 Å². The molecule has 0 aliphatic carbocycles. The van der Waals surface area contributed by atoms with Crippen LogP contribution in [0.15, 0.2) is 59.8 Å². The Kier molecular flexibility index (Phi) is 2.00. The van der Waals surface area contributed by atoms with E-state index in [1.165, 1.54) is 10.8 Å². The SMILES string of the molecule is C=C1CN=C(c2ccc3ccccc3c2)O1. The fourth-order valence-electron chi connectivity index (χ4n) is 1.83. The zero-order chi connectivity index (χ0) is 11.0. The van der Waals surface area contributed by atoms with Crippen LogP contribution in [0.2, 0.25) is 0 Å². The third kappa shape index (κ3) is 1.48. The van der Waals surface area contributed by atoms with Crippen LogP contribution in [0, 0.1) is 0 Å². The number of fused-ring (bicyclic) bond motifs is 1. The number of benzene rings is 2. The van der Waals surface area contributed by atoms with Gasteiger partial charge in [-0.1, -0.05) is 36.9 Å². The fraction of sp³-hybridized carbons (Fsp3) is 0.0714. The monoisotopic (exact) mass is 209 g/mol. The van der Waals surface area contributed by atoms with E-state index in [1.807, 2.05) is 18.2 Å². The van der Waals surface area contributed by atoms with E-state index in [0.717, 1.165) is 5.56 Å². The van der Waals surface area contributed by atoms with E-state index in [0.29, 0.717) is 18.2 Å². The van der Waals surface area contributed by atoms with E-state index in [4.69, 9.17) is 4.74 Å². The lowest BCUT2D eigenvalue weighted by molar-refractivity contribution is 0.442. The van der Waals surface area contributed by atoms with E-state index in [9.17, 15) is 0 Å². The van der Waals surface area contributed by atoms with Gasteiger partial charge in [0.05, 0.1) is 0 Å². The predicted molar refractivity (Wildman–Crippen MR) is 65.6 cm³/mol. The quantitative estimate of drug-likeness (QED) is 0.707. The lowest BCUT2D eigenvalue weighted by Crippen LogP contribution is -1.99. The summed E-state index contributed by atoms with van der Waals surface area (Å²) in [6.07, 6.45) is 0. The molecule has 16 heavy (non-hydrogen) atoms. The zero-order valence-electron chi connectivity index (χ0n) is 8.81. The van der Waals surface area contributed by atoms with Crippen LogP contribution in [0.4, 0.5) is 0 Å². The minimum absolute atomic E-state index is 0.572. The van der Waals surface area contributed by atoms with Crippen LogP contribution in [-0.4, -0.2) is 12.4 Å². The average Bonchev–Trinajstić information content (AvgIpc) is 2.75. The summed E-state index contributed by atoms with van der Waals surface area (Å²) in [4.78, 5) is 4.29. The topological polar surface area (TPSA) is 21.6 Å². The lowest BCUT2D eigenvalue weighted by Gasteiger charge is -2.03. The molecule has 0 fully saturated rings. The Bertz CT molecular complexity index is 598. The van der Waals surface area contributed by atoms with Gasteiger partial charge in [-0.2, -0.15) is 0 Å². The molecule has 2 heteroatoms. The molecule has 0 bridgehead atoms. The Hall–Kier alpha value is -2.09. The summed E-state index contributed by atoms with van der Waals surface area (Å²) in [5.41, 5.74) is 1.01. The smallest absolute Gasteiger partial charge is 0.222 e. The summed E-state index contributed by atoms with van der Waals surface area (Å²) in [6, 6.07) is 14.4. The third-order valence-electron chi connectivity index (χ3n) is 2.64. The first kappa shape index (κ1) is 9.16. The highest BCUT2D eigenvalue weighted by Gasteiger charge is 2.13. The molecule has 1 aliphatic rings. The van der Waals surface area contributed by atoms with Gasteiger partial charge in [-0.05, 0) is 22.9 Å². The molecule has 0 aromatic heterocycles. The van der Waals surface area contributed by atoms with Crippen LogP contribution in [0.5, 0.6) is 0 Å². The van der Waals surface area contributed by atoms with Crippen LogP contribution >= 0.6 is 0 Å². The van der Waals surface area contributed by atoms with Gasteiger partial charge in [0.2, 0.25) is 5.90 Å². The van der Waals surface area contributed by atoms with Gasteiger partial charge < -0.3 is 4.74 Å². The van der Waals surface area contributed by atoms with Gasteiger partial charge in [0.1, 0.15) is 12.3 Å². The highest BCUT2D eigenvalue weighted by atomic mass is 16.5. The van der Waals surface area contributed by atoms with E-state index in [-0.39, 0.29) is 0 Å². The molecule has 0 saturated carbocycles. The summed E-state index contributed by atoms with van der Waals surface area (Å²) in [6.45, 7) is 4.33. The number of rotatable bonds is 1. The number of hydrogen-bond acceptors (Lipinski definition) is 2. The Balaban J connectivity index is 2.09. The highest BCUT2D eigenvalue weighted by Crippen LogP contribution is 2.19. The van der Waals surface area contributed by atoms with Crippen LogP contribution < -0.4 is 0 Å². The molecular weight excluding hydrogens is 198 g/mol. The lowest BCUT2D eigenvalue weighted by atomic mass is 10.1. The highest BCUT2D eigenvalue weighted by molar-refractivity contribution is 5.99. The van der Waals surface area contributed by atoms with E-state index < -0.39 is 0 Å². The second-order valence-corrected chi connectivity index (χ2v) is 3.82. The summed E-state index contributed by atoms with van der Waals surface area (Å²) >= 11 is 0. The van der Waals surface area contributed by atoms with Crippen molar-refractivity contribution in [3.05, 3.63) is 60.4 Å². The first-order valence-corrected chi connectivity index (χ1v) is 5.22. The molecule has 0 saturated heterocycles. The first-order chi connectivity index (χ1) is 7.83. The van der Waals surface area contributed by atoms with Crippen molar-refractivity contribution in [3.63, 3.8) is 0 Å². The van der Waals surface area contributed by atoms with Gasteiger partial charge in [-0.25, -0.2) is 4.99 Å². The van der Waals surface area contributed by atoms with Crippen molar-refractivity contribution < 1.29 is 4.74 Å². The van der Waals surface area contributed by atoms with E-state index in [2.05, 4.69) is 35.8 Å². The molecule has 1 aliphatic heterocycles. The standard InChI is InChI=1S/C14H11NO/c1-10-9-15-14(16-10)13-7-6-11-4-2-3-5-12(11)8-13/h2-8H,1,9H2. The normalized spacial score (nSPS) is 15.0. The summed E-state index contributed by atoms with van der Waals surface area (Å²) < 4.78 is 5.45. The number of aliphatic imine (C=N–C) groups is 1. The minimum Gasteiger partial charge on any atom is -0.442 e. The number of nitrogens with zero attached hydrogens (tertiary/aromatic N) is 1. The van der Waals surface area contributed by atoms with Crippen molar-refractivity contribution >= 4 is 16.7 Å². The Morgan fingerprint density at radius 3 is 2.62 bits per heavy atom. The largest absolute Gasteiger partial charge is 0.442 e. The number of hydrogen-bond donors (Lipinski definition) is 0. The van der Waals surface area contributed by atoms with Crippen molar-refractivity contribution in [2.45, 2.75) is 0 Å². The second kappa shape index (κ2) is 3.49. The van der Waals surface area contributed by atoms with Crippen molar-refractivity contribution in [2.24, 2.45) is 4.99 Å². The molecule has 0 spiro atoms. The van der Waals surface area contributed by atoms with Gasteiger partial charge in [0.15, 0.2) is 0 Å². The molecule has 3 rings (SSSR count). The number of ether oxygens (including phenoxy) is 1. The van der Waals surface area contributed by atoms with Crippen LogP contribution in [0.25, 0.3) is 10.8 Å². The molecule has 2 nitrogen and oxygen atoms in total. The van der Waals surface area contributed by atoms with Crippen molar-refractivity contribution in [1.29, 1.82) is 0 Å². The summed E-state index contributed by atoms with van der Waals surface area (Å²) in [5.74, 6) is 1.39. The maximum absolute atomic E-state index is 5.45. The fourth-order valence-corrected chi connectivity index (χ4v) is 1.83. The molecule has 0 amide bonds.